The summed E-state index contributed by atoms with van der Waals surface area (Å²) < 4.78 is 30.3. The summed E-state index contributed by atoms with van der Waals surface area (Å²) in [7, 11) is 2.98. The molecular formula is C21H23ClFN5O4. The summed E-state index contributed by atoms with van der Waals surface area (Å²) >= 11 is 6.29. The first-order chi connectivity index (χ1) is 15.3. The zero-order chi connectivity index (χ0) is 22.6. The molecule has 2 aliphatic heterocycles. The van der Waals surface area contributed by atoms with Gasteiger partial charge in [-0.25, -0.2) is 9.18 Å². The number of rotatable bonds is 3. The third kappa shape index (κ3) is 3.25. The van der Waals surface area contributed by atoms with Crippen molar-refractivity contribution < 1.29 is 13.9 Å². The topological polar surface area (TPSA) is 83.5 Å². The van der Waals surface area contributed by atoms with Crippen molar-refractivity contribution >= 4 is 28.7 Å². The first kappa shape index (κ1) is 21.2. The van der Waals surface area contributed by atoms with Crippen LogP contribution in [0.25, 0.3) is 11.2 Å². The first-order valence-corrected chi connectivity index (χ1v) is 10.8. The zero-order valence-electron chi connectivity index (χ0n) is 17.8. The van der Waals surface area contributed by atoms with E-state index in [9.17, 15) is 14.0 Å². The molecule has 2 aliphatic rings. The summed E-state index contributed by atoms with van der Waals surface area (Å²) in [5.74, 6) is -0.576. The van der Waals surface area contributed by atoms with Crippen LogP contribution in [0.3, 0.4) is 0 Å². The second-order valence-electron chi connectivity index (χ2n) is 8.17. The van der Waals surface area contributed by atoms with Gasteiger partial charge in [-0.05, 0) is 12.1 Å². The number of nitrogens with zero attached hydrogens (tertiary/aromatic N) is 5. The third-order valence-corrected chi connectivity index (χ3v) is 6.68. The van der Waals surface area contributed by atoms with Crippen LogP contribution in [0, 0.1) is 5.82 Å². The number of aromatic nitrogens is 4. The van der Waals surface area contributed by atoms with Crippen molar-refractivity contribution in [1.82, 2.24) is 18.7 Å². The van der Waals surface area contributed by atoms with Crippen LogP contribution in [0.5, 0.6) is 0 Å². The van der Waals surface area contributed by atoms with Crippen LogP contribution in [0.15, 0.2) is 27.8 Å². The van der Waals surface area contributed by atoms with E-state index in [1.165, 1.54) is 23.7 Å². The number of fused-ring (bicyclic) bond motifs is 1. The monoisotopic (exact) mass is 463 g/mol. The highest BCUT2D eigenvalue weighted by Gasteiger charge is 2.41. The Morgan fingerprint density at radius 3 is 2.47 bits per heavy atom. The summed E-state index contributed by atoms with van der Waals surface area (Å²) in [6.45, 7) is 2.29. The summed E-state index contributed by atoms with van der Waals surface area (Å²) in [4.78, 5) is 32.2. The van der Waals surface area contributed by atoms with E-state index in [-0.39, 0.29) is 28.3 Å². The SMILES string of the molecule is Cn1c(=O)c2c(nc(N3CCC4(CC3)OCCO4)n2Cc2c(F)cccc2Cl)n(C)c1=O. The number of hydrogen-bond donors (Lipinski definition) is 0. The molecule has 170 valence electrons. The lowest BCUT2D eigenvalue weighted by molar-refractivity contribution is -0.169. The molecule has 4 heterocycles. The van der Waals surface area contributed by atoms with Crippen molar-refractivity contribution in [2.24, 2.45) is 14.1 Å². The number of benzene rings is 1. The first-order valence-electron chi connectivity index (χ1n) is 10.4. The van der Waals surface area contributed by atoms with Gasteiger partial charge in [0.2, 0.25) is 5.95 Å². The maximum absolute atomic E-state index is 14.6. The minimum atomic E-state index is -0.578. The predicted molar refractivity (Wildman–Crippen MR) is 117 cm³/mol. The van der Waals surface area contributed by atoms with Crippen LogP contribution in [0.4, 0.5) is 10.3 Å². The molecular weight excluding hydrogens is 441 g/mol. The molecule has 0 radical (unpaired) electrons. The Balaban J connectivity index is 1.66. The number of imidazole rings is 1. The van der Waals surface area contributed by atoms with Gasteiger partial charge in [0.25, 0.3) is 5.56 Å². The van der Waals surface area contributed by atoms with Gasteiger partial charge in [-0.15, -0.1) is 0 Å². The molecule has 0 amide bonds. The molecule has 2 aromatic heterocycles. The van der Waals surface area contributed by atoms with Gasteiger partial charge < -0.3 is 14.4 Å². The minimum absolute atomic E-state index is 0.000569. The van der Waals surface area contributed by atoms with E-state index in [2.05, 4.69) is 4.98 Å². The Morgan fingerprint density at radius 1 is 1.12 bits per heavy atom. The molecule has 2 fully saturated rings. The van der Waals surface area contributed by atoms with Crippen molar-refractivity contribution in [3.8, 4) is 0 Å². The molecule has 5 rings (SSSR count). The van der Waals surface area contributed by atoms with Crippen LogP contribution in [-0.4, -0.2) is 50.8 Å². The van der Waals surface area contributed by atoms with Gasteiger partial charge in [0.15, 0.2) is 17.0 Å². The fourth-order valence-corrected chi connectivity index (χ4v) is 4.72. The van der Waals surface area contributed by atoms with Gasteiger partial charge in [-0.3, -0.25) is 18.5 Å². The molecule has 9 nitrogen and oxygen atoms in total. The molecule has 0 N–H and O–H groups in total. The lowest BCUT2D eigenvalue weighted by Gasteiger charge is -2.38. The van der Waals surface area contributed by atoms with E-state index < -0.39 is 22.9 Å². The Morgan fingerprint density at radius 2 is 1.81 bits per heavy atom. The Labute approximate surface area is 187 Å². The Hall–Kier alpha value is -2.69. The van der Waals surface area contributed by atoms with Gasteiger partial charge in [0, 0.05) is 50.6 Å². The van der Waals surface area contributed by atoms with E-state index in [4.69, 9.17) is 21.1 Å². The van der Waals surface area contributed by atoms with Gasteiger partial charge in [-0.2, -0.15) is 4.98 Å². The second-order valence-corrected chi connectivity index (χ2v) is 8.58. The van der Waals surface area contributed by atoms with Crippen LogP contribution in [0.2, 0.25) is 5.02 Å². The number of piperidine rings is 1. The average Bonchev–Trinajstić information content (AvgIpc) is 3.39. The fraction of sp³-hybridized carbons (Fsp3) is 0.476. The van der Waals surface area contributed by atoms with Crippen molar-refractivity contribution in [3.05, 3.63) is 55.4 Å². The molecule has 0 saturated carbocycles. The molecule has 0 atom stereocenters. The van der Waals surface area contributed by atoms with E-state index in [1.807, 2.05) is 4.90 Å². The van der Waals surface area contributed by atoms with E-state index in [0.29, 0.717) is 45.1 Å². The highest BCUT2D eigenvalue weighted by Crippen LogP contribution is 2.34. The van der Waals surface area contributed by atoms with Crippen molar-refractivity contribution in [2.75, 3.05) is 31.2 Å². The van der Waals surface area contributed by atoms with E-state index in [0.717, 1.165) is 4.57 Å². The maximum atomic E-state index is 14.6. The Bertz CT molecular complexity index is 1290. The fourth-order valence-electron chi connectivity index (χ4n) is 4.50. The van der Waals surface area contributed by atoms with Gasteiger partial charge in [0.1, 0.15) is 5.82 Å². The molecule has 0 aliphatic carbocycles. The lowest BCUT2D eigenvalue weighted by atomic mass is 10.0. The highest BCUT2D eigenvalue weighted by molar-refractivity contribution is 6.31. The largest absolute Gasteiger partial charge is 0.347 e. The highest BCUT2D eigenvalue weighted by atomic mass is 35.5. The van der Waals surface area contributed by atoms with E-state index >= 15 is 0 Å². The van der Waals surface area contributed by atoms with Crippen LogP contribution < -0.4 is 16.1 Å². The van der Waals surface area contributed by atoms with Gasteiger partial charge in [0.05, 0.1) is 19.8 Å². The quantitative estimate of drug-likeness (QED) is 0.587. The number of aryl methyl sites for hydroxylation is 1. The summed E-state index contributed by atoms with van der Waals surface area (Å²) in [5, 5.41) is 0.254. The summed E-state index contributed by atoms with van der Waals surface area (Å²) in [5.41, 5.74) is -0.258. The van der Waals surface area contributed by atoms with Gasteiger partial charge in [-0.1, -0.05) is 17.7 Å². The van der Waals surface area contributed by atoms with Crippen LogP contribution in [-0.2, 0) is 30.1 Å². The molecule has 11 heteroatoms. The van der Waals surface area contributed by atoms with Crippen LogP contribution >= 0.6 is 11.6 Å². The Kier molecular flexibility index (Phi) is 5.11. The standard InChI is InChI=1S/C21H23ClFN5O4/c1-25-17-16(18(29)26(2)20(25)30)28(12-13-14(22)4-3-5-15(13)23)19(24-17)27-8-6-21(7-9-27)31-10-11-32-21/h3-5H,6-12H2,1-2H3. The maximum Gasteiger partial charge on any atom is 0.332 e. The lowest BCUT2D eigenvalue weighted by Crippen LogP contribution is -2.46. The molecule has 32 heavy (non-hydrogen) atoms. The third-order valence-electron chi connectivity index (χ3n) is 6.33. The van der Waals surface area contributed by atoms with Crippen molar-refractivity contribution in [2.45, 2.75) is 25.2 Å². The molecule has 2 saturated heterocycles. The van der Waals surface area contributed by atoms with Crippen molar-refractivity contribution in [3.63, 3.8) is 0 Å². The minimum Gasteiger partial charge on any atom is -0.347 e. The molecule has 0 unspecified atom stereocenters. The summed E-state index contributed by atoms with van der Waals surface area (Å²) in [6.07, 6.45) is 1.27. The zero-order valence-corrected chi connectivity index (χ0v) is 18.6. The second kappa shape index (κ2) is 7.72. The number of anilines is 1. The number of ether oxygens (including phenoxy) is 2. The summed E-state index contributed by atoms with van der Waals surface area (Å²) in [6, 6.07) is 4.46. The normalized spacial score (nSPS) is 18.2. The number of halogens is 2. The molecule has 3 aromatic rings. The molecule has 0 bridgehead atoms. The molecule has 1 aromatic carbocycles. The molecule has 1 spiro atoms. The number of hydrogen-bond acceptors (Lipinski definition) is 6. The van der Waals surface area contributed by atoms with E-state index in [1.54, 1.807) is 17.7 Å². The van der Waals surface area contributed by atoms with Crippen LogP contribution in [0.1, 0.15) is 18.4 Å². The predicted octanol–water partition coefficient (Wildman–Crippen LogP) is 1.62. The smallest absolute Gasteiger partial charge is 0.332 e. The average molecular weight is 464 g/mol. The van der Waals surface area contributed by atoms with Gasteiger partial charge >= 0.3 is 5.69 Å². The van der Waals surface area contributed by atoms with Crippen molar-refractivity contribution in [1.29, 1.82) is 0 Å².